The fraction of sp³-hybridized carbons (Fsp3) is 1.00. The lowest BCUT2D eigenvalue weighted by Crippen LogP contribution is -2.60. The van der Waals surface area contributed by atoms with Gasteiger partial charge in [-0.05, 0) is 24.7 Å². The summed E-state index contributed by atoms with van der Waals surface area (Å²) in [7, 11) is -3.11. The van der Waals surface area contributed by atoms with Gasteiger partial charge in [-0.1, -0.05) is 6.92 Å². The number of hydrogen-bond donors (Lipinski definition) is 0. The molecular formula is C13H22F3NO3S. The van der Waals surface area contributed by atoms with Crippen molar-refractivity contribution in [1.29, 1.82) is 0 Å². The standard InChI is InChI=1S/C13H22F3NO3S/c1-3-12(13(14,15)16)9-17(6-7-20-12)8-11(4-5-11)10-21(2,18)19/h3-10H2,1-2H3. The van der Waals surface area contributed by atoms with Crippen molar-refractivity contribution in [3.05, 3.63) is 0 Å². The van der Waals surface area contributed by atoms with Crippen LogP contribution >= 0.6 is 0 Å². The number of morpholine rings is 1. The number of hydrogen-bond acceptors (Lipinski definition) is 4. The van der Waals surface area contributed by atoms with Crippen molar-refractivity contribution in [2.45, 2.75) is 38.0 Å². The summed E-state index contributed by atoms with van der Waals surface area (Å²) in [5.74, 6) is 0.0580. The van der Waals surface area contributed by atoms with Crippen LogP contribution in [0, 0.1) is 5.41 Å². The molecule has 0 aromatic carbocycles. The molecule has 1 atom stereocenters. The van der Waals surface area contributed by atoms with E-state index in [9.17, 15) is 21.6 Å². The Morgan fingerprint density at radius 1 is 1.29 bits per heavy atom. The van der Waals surface area contributed by atoms with E-state index in [1.54, 1.807) is 4.90 Å². The van der Waals surface area contributed by atoms with Crippen molar-refractivity contribution in [2.24, 2.45) is 5.41 Å². The van der Waals surface area contributed by atoms with Crippen molar-refractivity contribution in [3.8, 4) is 0 Å². The summed E-state index contributed by atoms with van der Waals surface area (Å²) in [6, 6.07) is 0. The first-order chi connectivity index (χ1) is 9.51. The zero-order chi connectivity index (χ0) is 15.9. The lowest BCUT2D eigenvalue weighted by molar-refractivity contribution is -0.297. The third-order valence-electron chi connectivity index (χ3n) is 4.44. The highest BCUT2D eigenvalue weighted by Crippen LogP contribution is 2.48. The van der Waals surface area contributed by atoms with E-state index in [0.29, 0.717) is 13.1 Å². The maximum absolute atomic E-state index is 13.2. The Morgan fingerprint density at radius 3 is 2.33 bits per heavy atom. The van der Waals surface area contributed by atoms with Crippen LogP contribution in [0.15, 0.2) is 0 Å². The molecule has 21 heavy (non-hydrogen) atoms. The van der Waals surface area contributed by atoms with E-state index in [-0.39, 0.29) is 30.7 Å². The van der Waals surface area contributed by atoms with Crippen molar-refractivity contribution in [1.82, 2.24) is 4.90 Å². The number of rotatable bonds is 5. The first-order valence-electron chi connectivity index (χ1n) is 7.12. The third kappa shape index (κ3) is 3.90. The van der Waals surface area contributed by atoms with Gasteiger partial charge in [0.15, 0.2) is 5.60 Å². The molecule has 0 amide bonds. The zero-order valence-corrected chi connectivity index (χ0v) is 13.2. The summed E-state index contributed by atoms with van der Waals surface area (Å²) in [5, 5.41) is 0. The van der Waals surface area contributed by atoms with Crippen LogP contribution in [0.4, 0.5) is 13.2 Å². The molecule has 124 valence electrons. The molecule has 1 saturated heterocycles. The minimum absolute atomic E-state index is 0.0301. The molecule has 2 rings (SSSR count). The van der Waals surface area contributed by atoms with E-state index in [4.69, 9.17) is 4.74 Å². The molecule has 4 nitrogen and oxygen atoms in total. The average molecular weight is 329 g/mol. The fourth-order valence-corrected chi connectivity index (χ4v) is 4.62. The molecular weight excluding hydrogens is 307 g/mol. The monoisotopic (exact) mass is 329 g/mol. The molecule has 0 aromatic rings. The molecule has 2 aliphatic rings. The molecule has 0 radical (unpaired) electrons. The van der Waals surface area contributed by atoms with Crippen molar-refractivity contribution in [2.75, 3.05) is 38.2 Å². The topological polar surface area (TPSA) is 46.6 Å². The highest BCUT2D eigenvalue weighted by molar-refractivity contribution is 7.90. The Kier molecular flexibility index (Phi) is 4.36. The Bertz CT molecular complexity index is 487. The first-order valence-corrected chi connectivity index (χ1v) is 9.18. The predicted octanol–water partition coefficient (Wildman–Crippen LogP) is 1.85. The molecule has 0 N–H and O–H groups in total. The van der Waals surface area contributed by atoms with Gasteiger partial charge in [-0.25, -0.2) is 8.42 Å². The Balaban J connectivity index is 2.05. The van der Waals surface area contributed by atoms with Gasteiger partial charge in [-0.15, -0.1) is 0 Å². The van der Waals surface area contributed by atoms with E-state index in [1.807, 2.05) is 0 Å². The smallest absolute Gasteiger partial charge is 0.363 e. The summed E-state index contributed by atoms with van der Waals surface area (Å²) >= 11 is 0. The Labute approximate surface area is 123 Å². The summed E-state index contributed by atoms with van der Waals surface area (Å²) in [5.41, 5.74) is -2.47. The highest BCUT2D eigenvalue weighted by Gasteiger charge is 2.58. The van der Waals surface area contributed by atoms with Crippen LogP contribution in [-0.4, -0.2) is 63.3 Å². The summed E-state index contributed by atoms with van der Waals surface area (Å²) in [4.78, 5) is 1.72. The lowest BCUT2D eigenvalue weighted by Gasteiger charge is -2.44. The van der Waals surface area contributed by atoms with Gasteiger partial charge in [0.2, 0.25) is 0 Å². The van der Waals surface area contributed by atoms with E-state index >= 15 is 0 Å². The van der Waals surface area contributed by atoms with Crippen LogP contribution in [-0.2, 0) is 14.6 Å². The first kappa shape index (κ1) is 17.0. The quantitative estimate of drug-likeness (QED) is 0.772. The minimum atomic E-state index is -4.41. The molecule has 1 heterocycles. The Hall–Kier alpha value is -0.340. The second-order valence-corrected chi connectivity index (χ2v) is 8.61. The summed E-state index contributed by atoms with van der Waals surface area (Å²) < 4.78 is 67.7. The maximum atomic E-state index is 13.2. The molecule has 1 saturated carbocycles. The van der Waals surface area contributed by atoms with Crippen LogP contribution in [0.2, 0.25) is 0 Å². The van der Waals surface area contributed by atoms with Gasteiger partial charge in [0.05, 0.1) is 12.4 Å². The largest absolute Gasteiger partial charge is 0.418 e. The number of ether oxygens (including phenoxy) is 1. The predicted molar refractivity (Wildman–Crippen MR) is 72.8 cm³/mol. The second-order valence-electron chi connectivity index (χ2n) is 6.47. The SMILES string of the molecule is CCC1(C(F)(F)F)CN(CC2(CS(C)(=O)=O)CC2)CCO1. The van der Waals surface area contributed by atoms with E-state index in [0.717, 1.165) is 12.8 Å². The molecule has 1 aliphatic heterocycles. The van der Waals surface area contributed by atoms with Gasteiger partial charge >= 0.3 is 6.18 Å². The van der Waals surface area contributed by atoms with Gasteiger partial charge in [-0.2, -0.15) is 13.2 Å². The van der Waals surface area contributed by atoms with Crippen LogP contribution in [0.5, 0.6) is 0 Å². The van der Waals surface area contributed by atoms with Gasteiger partial charge in [0.1, 0.15) is 9.84 Å². The van der Waals surface area contributed by atoms with Crippen molar-refractivity contribution in [3.63, 3.8) is 0 Å². The van der Waals surface area contributed by atoms with Crippen LogP contribution < -0.4 is 0 Å². The minimum Gasteiger partial charge on any atom is -0.363 e. The van der Waals surface area contributed by atoms with Gasteiger partial charge in [-0.3, -0.25) is 4.90 Å². The summed E-state index contributed by atoms with van der Waals surface area (Å²) in [6.07, 6.45) is -1.83. The molecule has 1 aliphatic carbocycles. The molecule has 0 bridgehead atoms. The number of nitrogens with zero attached hydrogens (tertiary/aromatic N) is 1. The second kappa shape index (κ2) is 5.38. The lowest BCUT2D eigenvalue weighted by atomic mass is 9.96. The summed E-state index contributed by atoms with van der Waals surface area (Å²) in [6.45, 7) is 2.12. The number of sulfone groups is 1. The van der Waals surface area contributed by atoms with Crippen LogP contribution in [0.3, 0.4) is 0 Å². The third-order valence-corrected chi connectivity index (χ3v) is 5.57. The van der Waals surface area contributed by atoms with Crippen LogP contribution in [0.25, 0.3) is 0 Å². The van der Waals surface area contributed by atoms with Gasteiger partial charge in [0, 0.05) is 25.9 Å². The fourth-order valence-electron chi connectivity index (χ4n) is 3.13. The molecule has 8 heteroatoms. The molecule has 2 fully saturated rings. The zero-order valence-electron chi connectivity index (χ0n) is 12.4. The number of halogens is 3. The average Bonchev–Trinajstić information content (AvgIpc) is 3.04. The van der Waals surface area contributed by atoms with E-state index in [1.165, 1.54) is 13.2 Å². The van der Waals surface area contributed by atoms with Gasteiger partial charge < -0.3 is 4.74 Å². The number of alkyl halides is 3. The maximum Gasteiger partial charge on any atom is 0.418 e. The highest BCUT2D eigenvalue weighted by atomic mass is 32.2. The van der Waals surface area contributed by atoms with Gasteiger partial charge in [0.25, 0.3) is 0 Å². The van der Waals surface area contributed by atoms with Crippen LogP contribution in [0.1, 0.15) is 26.2 Å². The van der Waals surface area contributed by atoms with E-state index < -0.39 is 21.6 Å². The normalized spacial score (nSPS) is 30.3. The Morgan fingerprint density at radius 2 is 1.90 bits per heavy atom. The molecule has 1 unspecified atom stereocenters. The van der Waals surface area contributed by atoms with E-state index in [2.05, 4.69) is 0 Å². The molecule has 0 aromatic heterocycles. The molecule has 0 spiro atoms. The van der Waals surface area contributed by atoms with Crippen molar-refractivity contribution >= 4 is 9.84 Å². The van der Waals surface area contributed by atoms with Crippen molar-refractivity contribution < 1.29 is 26.3 Å².